The van der Waals surface area contributed by atoms with E-state index in [2.05, 4.69) is 26.0 Å². The molecule has 0 aliphatic rings. The van der Waals surface area contributed by atoms with E-state index in [4.69, 9.17) is 4.74 Å². The SMILES string of the molecule is CCOc1cc(C=Nn2c(CC)nc3ccc(Br)cc3c2=O)cc(I)c1O. The number of benzene rings is 2. The highest BCUT2D eigenvalue weighted by Gasteiger charge is 2.11. The summed E-state index contributed by atoms with van der Waals surface area (Å²) in [6, 6.07) is 8.86. The Kier molecular flexibility index (Phi) is 6.15. The van der Waals surface area contributed by atoms with Crippen molar-refractivity contribution in [1.82, 2.24) is 9.66 Å². The van der Waals surface area contributed by atoms with E-state index >= 15 is 0 Å². The van der Waals surface area contributed by atoms with Crippen molar-refractivity contribution in [2.45, 2.75) is 20.3 Å². The number of phenolic OH excluding ortho intramolecular Hbond substituents is 1. The van der Waals surface area contributed by atoms with Crippen LogP contribution in [0.25, 0.3) is 10.9 Å². The highest BCUT2D eigenvalue weighted by Crippen LogP contribution is 2.32. The minimum atomic E-state index is -0.229. The first-order valence-electron chi connectivity index (χ1n) is 8.35. The number of aryl methyl sites for hydroxylation is 1. The normalized spacial score (nSPS) is 11.4. The molecular weight excluding hydrogens is 525 g/mol. The fourth-order valence-corrected chi connectivity index (χ4v) is 3.59. The van der Waals surface area contributed by atoms with Gasteiger partial charge >= 0.3 is 0 Å². The van der Waals surface area contributed by atoms with Gasteiger partial charge in [-0.15, -0.1) is 0 Å². The lowest BCUT2D eigenvalue weighted by atomic mass is 10.2. The van der Waals surface area contributed by atoms with Gasteiger partial charge in [-0.2, -0.15) is 9.78 Å². The van der Waals surface area contributed by atoms with Crippen LogP contribution in [-0.4, -0.2) is 27.6 Å². The van der Waals surface area contributed by atoms with Gasteiger partial charge in [0.1, 0.15) is 5.82 Å². The van der Waals surface area contributed by atoms with E-state index in [0.29, 0.717) is 44.6 Å². The van der Waals surface area contributed by atoms with Crippen molar-refractivity contribution in [3.63, 3.8) is 0 Å². The minimum absolute atomic E-state index is 0.0956. The van der Waals surface area contributed by atoms with E-state index in [9.17, 15) is 9.90 Å². The Balaban J connectivity index is 2.11. The summed E-state index contributed by atoms with van der Waals surface area (Å²) >= 11 is 5.41. The molecule has 0 unspecified atom stereocenters. The molecule has 0 aliphatic carbocycles. The van der Waals surface area contributed by atoms with Crippen LogP contribution in [-0.2, 0) is 6.42 Å². The van der Waals surface area contributed by atoms with Crippen molar-refractivity contribution in [3.8, 4) is 11.5 Å². The molecule has 140 valence electrons. The molecule has 0 amide bonds. The number of halogens is 2. The summed E-state index contributed by atoms with van der Waals surface area (Å²) in [7, 11) is 0. The van der Waals surface area contributed by atoms with Crippen molar-refractivity contribution in [2.24, 2.45) is 5.10 Å². The molecule has 1 aromatic heterocycles. The number of hydrogen-bond acceptors (Lipinski definition) is 5. The molecule has 0 saturated heterocycles. The molecule has 0 fully saturated rings. The molecule has 0 atom stereocenters. The zero-order chi connectivity index (χ0) is 19.6. The van der Waals surface area contributed by atoms with Crippen LogP contribution in [0.3, 0.4) is 0 Å². The lowest BCUT2D eigenvalue weighted by Crippen LogP contribution is -2.22. The van der Waals surface area contributed by atoms with Crippen molar-refractivity contribution < 1.29 is 9.84 Å². The summed E-state index contributed by atoms with van der Waals surface area (Å²) in [4.78, 5) is 17.4. The van der Waals surface area contributed by atoms with Crippen LogP contribution in [0, 0.1) is 3.57 Å². The fraction of sp³-hybridized carbons (Fsp3) is 0.211. The summed E-state index contributed by atoms with van der Waals surface area (Å²) in [5.41, 5.74) is 1.13. The lowest BCUT2D eigenvalue weighted by molar-refractivity contribution is 0.317. The van der Waals surface area contributed by atoms with Crippen LogP contribution in [0.15, 0.2) is 44.7 Å². The highest BCUT2D eigenvalue weighted by molar-refractivity contribution is 14.1. The topological polar surface area (TPSA) is 76.7 Å². The smallest absolute Gasteiger partial charge is 0.282 e. The first kappa shape index (κ1) is 19.8. The van der Waals surface area contributed by atoms with Gasteiger partial charge in [0, 0.05) is 10.9 Å². The van der Waals surface area contributed by atoms with Crippen molar-refractivity contribution in [2.75, 3.05) is 6.61 Å². The summed E-state index contributed by atoms with van der Waals surface area (Å²) < 4.78 is 8.21. The second-order valence-corrected chi connectivity index (χ2v) is 7.76. The highest BCUT2D eigenvalue weighted by atomic mass is 127. The molecule has 0 saturated carbocycles. The van der Waals surface area contributed by atoms with Crippen LogP contribution < -0.4 is 10.3 Å². The number of aromatic hydroxyl groups is 1. The predicted molar refractivity (Wildman–Crippen MR) is 118 cm³/mol. The number of fused-ring (bicyclic) bond motifs is 1. The van der Waals surface area contributed by atoms with Crippen molar-refractivity contribution >= 4 is 55.6 Å². The standard InChI is InChI=1S/C19H17BrIN3O3/c1-3-17-23-15-6-5-12(20)9-13(15)19(26)24(17)22-10-11-7-14(21)18(25)16(8-11)27-4-2/h5-10,25H,3-4H2,1-2H3. The van der Waals surface area contributed by atoms with E-state index in [-0.39, 0.29) is 11.3 Å². The van der Waals surface area contributed by atoms with Gasteiger partial charge in [0.15, 0.2) is 11.5 Å². The molecule has 1 N–H and O–H groups in total. The first-order valence-corrected chi connectivity index (χ1v) is 10.2. The van der Waals surface area contributed by atoms with Gasteiger partial charge in [0.25, 0.3) is 5.56 Å². The molecule has 27 heavy (non-hydrogen) atoms. The largest absolute Gasteiger partial charge is 0.504 e. The minimum Gasteiger partial charge on any atom is -0.504 e. The Labute approximate surface area is 178 Å². The summed E-state index contributed by atoms with van der Waals surface area (Å²) in [6.07, 6.45) is 2.13. The zero-order valence-corrected chi connectivity index (χ0v) is 18.5. The number of nitrogens with zero attached hydrogens (tertiary/aromatic N) is 3. The molecule has 0 radical (unpaired) electrons. The van der Waals surface area contributed by atoms with Crippen LogP contribution in [0.5, 0.6) is 11.5 Å². The maximum absolute atomic E-state index is 12.9. The summed E-state index contributed by atoms with van der Waals surface area (Å²) in [5, 5.41) is 14.9. The maximum atomic E-state index is 12.9. The summed E-state index contributed by atoms with van der Waals surface area (Å²) in [5.74, 6) is 1.05. The van der Waals surface area contributed by atoms with Crippen molar-refractivity contribution in [3.05, 3.63) is 60.1 Å². The van der Waals surface area contributed by atoms with Gasteiger partial charge in [-0.3, -0.25) is 4.79 Å². The third-order valence-electron chi connectivity index (χ3n) is 3.86. The van der Waals surface area contributed by atoms with Gasteiger partial charge < -0.3 is 9.84 Å². The van der Waals surface area contributed by atoms with Crippen LogP contribution in [0.4, 0.5) is 0 Å². The molecule has 1 heterocycles. The van der Waals surface area contributed by atoms with E-state index in [1.165, 1.54) is 4.68 Å². The Morgan fingerprint density at radius 1 is 1.33 bits per heavy atom. The number of rotatable bonds is 5. The summed E-state index contributed by atoms with van der Waals surface area (Å²) in [6.45, 7) is 4.21. The van der Waals surface area contributed by atoms with E-state index in [1.54, 1.807) is 24.4 Å². The maximum Gasteiger partial charge on any atom is 0.282 e. The lowest BCUT2D eigenvalue weighted by Gasteiger charge is -2.09. The number of hydrogen-bond donors (Lipinski definition) is 1. The van der Waals surface area contributed by atoms with E-state index in [0.717, 1.165) is 4.47 Å². The van der Waals surface area contributed by atoms with Crippen LogP contribution in [0.1, 0.15) is 25.2 Å². The molecule has 0 spiro atoms. The van der Waals surface area contributed by atoms with Gasteiger partial charge in [0.05, 0.1) is 27.3 Å². The van der Waals surface area contributed by atoms with Crippen LogP contribution in [0.2, 0.25) is 0 Å². The van der Waals surface area contributed by atoms with Gasteiger partial charge in [-0.25, -0.2) is 4.98 Å². The molecule has 3 aromatic rings. The average Bonchev–Trinajstić information content (AvgIpc) is 2.65. The van der Waals surface area contributed by atoms with Gasteiger partial charge in [-0.05, 0) is 65.4 Å². The third-order valence-corrected chi connectivity index (χ3v) is 5.18. The Bertz CT molecular complexity index is 1100. The van der Waals surface area contributed by atoms with E-state index < -0.39 is 0 Å². The zero-order valence-electron chi connectivity index (χ0n) is 14.7. The fourth-order valence-electron chi connectivity index (χ4n) is 2.60. The molecule has 0 aliphatic heterocycles. The molecule has 6 nitrogen and oxygen atoms in total. The van der Waals surface area contributed by atoms with Crippen LogP contribution >= 0.6 is 38.5 Å². The first-order chi connectivity index (χ1) is 12.9. The van der Waals surface area contributed by atoms with E-state index in [1.807, 2.05) is 48.6 Å². The van der Waals surface area contributed by atoms with Crippen molar-refractivity contribution in [1.29, 1.82) is 0 Å². The second-order valence-electron chi connectivity index (χ2n) is 5.69. The Morgan fingerprint density at radius 2 is 2.11 bits per heavy atom. The second kappa shape index (κ2) is 8.39. The molecule has 0 bridgehead atoms. The molecule has 2 aromatic carbocycles. The number of phenols is 1. The molecular formula is C19H17BrIN3O3. The Morgan fingerprint density at radius 3 is 2.81 bits per heavy atom. The molecule has 8 heteroatoms. The van der Waals surface area contributed by atoms with Gasteiger partial charge in [0.2, 0.25) is 0 Å². The quantitative estimate of drug-likeness (QED) is 0.386. The monoisotopic (exact) mass is 541 g/mol. The molecule has 3 rings (SSSR count). The predicted octanol–water partition coefficient (Wildman–Crippen LogP) is 4.31. The number of aromatic nitrogens is 2. The average molecular weight is 542 g/mol. The number of ether oxygens (including phenoxy) is 1. The third kappa shape index (κ3) is 4.16. The van der Waals surface area contributed by atoms with Gasteiger partial charge in [-0.1, -0.05) is 22.9 Å². The Hall–Kier alpha value is -1.94.